The molecule has 0 radical (unpaired) electrons. The van der Waals surface area contributed by atoms with Gasteiger partial charge >= 0.3 is 0 Å². The molecule has 384 valence electrons. The zero-order valence-corrected chi connectivity index (χ0v) is 41.1. The maximum atomic E-state index is 13.2. The zero-order valence-electron chi connectivity index (χ0n) is 41.1. The van der Waals surface area contributed by atoms with Crippen molar-refractivity contribution in [3.63, 3.8) is 0 Å². The zero-order chi connectivity index (χ0) is 51.0. The highest BCUT2D eigenvalue weighted by atomic mass is 16.5. The number of aliphatic imine (C=N–C) groups is 1. The molecule has 0 spiro atoms. The lowest BCUT2D eigenvalue weighted by Gasteiger charge is -2.37. The number of phenolic OH excluding ortho intramolecular Hbond substituents is 1. The number of aliphatic hydroxyl groups is 1. The minimum Gasteiger partial charge on any atom is -0.507 e. The largest absolute Gasteiger partial charge is 0.507 e. The van der Waals surface area contributed by atoms with Crippen LogP contribution in [0.2, 0.25) is 0 Å². The minimum atomic E-state index is -1.35. The van der Waals surface area contributed by atoms with E-state index >= 15 is 0 Å². The lowest BCUT2D eigenvalue weighted by Crippen LogP contribution is -2.53. The molecule has 19 heteroatoms. The second-order valence-electron chi connectivity index (χ2n) is 18.8. The fourth-order valence-corrected chi connectivity index (χ4v) is 9.81. The number of amidine groups is 1. The number of nitrogens with one attached hydrogen (secondary N) is 4. The van der Waals surface area contributed by atoms with Gasteiger partial charge in [-0.25, -0.2) is 0 Å². The molecule has 4 aliphatic rings. The molecule has 3 atom stereocenters. The van der Waals surface area contributed by atoms with Crippen LogP contribution in [0, 0.1) is 10.8 Å². The molecule has 19 nitrogen and oxygen atoms in total. The number of para-hydroxylation sites is 1. The van der Waals surface area contributed by atoms with E-state index in [0.717, 1.165) is 100 Å². The smallest absolute Gasteiger partial charge is 0.257 e. The standard InChI is InChI=1S/C53H70N12O7/c54-42(40-15-9-10-18-45(40)66)32-46(50(55)56)72-39-14-13-27-64(35-39)38-22-20-37(21-23-38)62-28-30-63(31-29-62)48(68)19-8-6-4-2-1-3-5-7-11-26-58-33-36(61-57)34-59-43-17-12-16-41-49(43)53(71)65(52(41)70)44-24-25-47(67)60-51(44)69/h9-10,12,15-18,20-23,32-33,39,44,53-54,59,66,71H,1-8,11,13-14,19,24-31,34-35,57H2,(H3,55,56)(H,60,67,69)/b46-32+,54-42?,58-33?,61-36?. The first-order valence-electron chi connectivity index (χ1n) is 25.4. The van der Waals surface area contributed by atoms with Crippen LogP contribution in [0.1, 0.15) is 118 Å². The minimum absolute atomic E-state index is 0.0170. The number of piperazine rings is 1. The van der Waals surface area contributed by atoms with Gasteiger partial charge in [0, 0.05) is 98.2 Å². The van der Waals surface area contributed by atoms with E-state index in [0.29, 0.717) is 55.1 Å². The maximum Gasteiger partial charge on any atom is 0.257 e. The molecule has 3 aromatic rings. The Morgan fingerprint density at radius 1 is 0.847 bits per heavy atom. The number of hydrogen-bond acceptors (Lipinski definition) is 15. The summed E-state index contributed by atoms with van der Waals surface area (Å²) in [6.07, 6.45) is 13.7. The van der Waals surface area contributed by atoms with E-state index in [4.69, 9.17) is 27.1 Å². The monoisotopic (exact) mass is 987 g/mol. The van der Waals surface area contributed by atoms with E-state index < -0.39 is 30.0 Å². The van der Waals surface area contributed by atoms with Gasteiger partial charge in [0.25, 0.3) is 5.91 Å². The number of ether oxygens (including phenoxy) is 1. The number of anilines is 3. The number of benzene rings is 3. The highest BCUT2D eigenvalue weighted by Crippen LogP contribution is 2.39. The van der Waals surface area contributed by atoms with Crippen molar-refractivity contribution in [1.82, 2.24) is 15.1 Å². The van der Waals surface area contributed by atoms with E-state index in [1.54, 1.807) is 42.6 Å². The average Bonchev–Trinajstić information content (AvgIpc) is 3.64. The quantitative estimate of drug-likeness (QED) is 0.0104. The number of carbonyl (C=O) groups excluding carboxylic acids is 4. The Morgan fingerprint density at radius 2 is 1.53 bits per heavy atom. The molecule has 7 rings (SSSR count). The van der Waals surface area contributed by atoms with Crippen LogP contribution in [0.4, 0.5) is 17.1 Å². The van der Waals surface area contributed by atoms with E-state index in [9.17, 15) is 29.4 Å². The second kappa shape index (κ2) is 25.7. The van der Waals surface area contributed by atoms with Crippen LogP contribution in [0.25, 0.3) is 0 Å². The van der Waals surface area contributed by atoms with Gasteiger partial charge < -0.3 is 46.5 Å². The number of rotatable bonds is 24. The highest BCUT2D eigenvalue weighted by Gasteiger charge is 2.45. The first-order chi connectivity index (χ1) is 34.9. The third-order valence-corrected chi connectivity index (χ3v) is 13.8. The number of unbranched alkanes of at least 4 members (excludes halogenated alkanes) is 8. The number of nitrogens with two attached hydrogens (primary N) is 2. The van der Waals surface area contributed by atoms with Crippen molar-refractivity contribution in [2.45, 2.75) is 108 Å². The lowest BCUT2D eigenvalue weighted by atomic mass is 10.0. The van der Waals surface area contributed by atoms with Crippen molar-refractivity contribution in [2.24, 2.45) is 21.7 Å². The summed E-state index contributed by atoms with van der Waals surface area (Å²) in [6, 6.07) is 19.2. The Labute approximate surface area is 421 Å². The predicted octanol–water partition coefficient (Wildman–Crippen LogP) is 5.56. The summed E-state index contributed by atoms with van der Waals surface area (Å²) in [5.41, 5.74) is 10.1. The van der Waals surface area contributed by atoms with Gasteiger partial charge in [0.2, 0.25) is 17.7 Å². The second-order valence-corrected chi connectivity index (χ2v) is 18.8. The Morgan fingerprint density at radius 3 is 2.21 bits per heavy atom. The number of phenols is 1. The molecule has 0 saturated carbocycles. The normalized spacial score (nSPS) is 19.7. The molecule has 3 saturated heterocycles. The van der Waals surface area contributed by atoms with Crippen molar-refractivity contribution in [3.8, 4) is 5.75 Å². The van der Waals surface area contributed by atoms with Crippen LogP contribution in [0.3, 0.4) is 0 Å². The number of aliphatic hydroxyl groups excluding tert-OH is 1. The summed E-state index contributed by atoms with van der Waals surface area (Å²) in [5.74, 6) is 4.25. The number of hydrogen-bond donors (Lipinski definition) is 8. The summed E-state index contributed by atoms with van der Waals surface area (Å²) in [5, 5.41) is 47.1. The molecule has 4 heterocycles. The Hall–Kier alpha value is -7.28. The van der Waals surface area contributed by atoms with Gasteiger partial charge in [0.1, 0.15) is 17.9 Å². The molecule has 72 heavy (non-hydrogen) atoms. The number of nitrogens with zero attached hydrogens (tertiary/aromatic N) is 6. The molecule has 4 aliphatic heterocycles. The van der Waals surface area contributed by atoms with Crippen molar-refractivity contribution in [3.05, 3.63) is 95.3 Å². The lowest BCUT2D eigenvalue weighted by molar-refractivity contribution is -0.139. The summed E-state index contributed by atoms with van der Waals surface area (Å²) < 4.78 is 6.17. The van der Waals surface area contributed by atoms with E-state index in [1.165, 1.54) is 18.6 Å². The number of aromatic hydroxyl groups is 1. The van der Waals surface area contributed by atoms with Gasteiger partial charge in [-0.15, -0.1) is 0 Å². The Kier molecular flexibility index (Phi) is 18.8. The molecule has 3 aromatic carbocycles. The molecule has 3 fully saturated rings. The van der Waals surface area contributed by atoms with Gasteiger partial charge in [-0.05, 0) is 80.6 Å². The number of piperidine rings is 2. The number of fused-ring (bicyclic) bond motifs is 1. The molecule has 0 aromatic heterocycles. The molecule has 3 unspecified atom stereocenters. The Bertz CT molecular complexity index is 2500. The topological polar surface area (TPSA) is 279 Å². The molecule has 0 bridgehead atoms. The van der Waals surface area contributed by atoms with Crippen LogP contribution in [-0.4, -0.2) is 132 Å². The average molecular weight is 987 g/mol. The SMILES string of the molecule is N=C(N)/C(=C\C(=N)c1ccccc1O)OC1CCCN(c2ccc(N3CCN(C(=O)CCCCCCCCCCCN=CC(CNc4cccc5c4C(O)N(C4CCC(=O)NC4=O)C5=O)=NN)CC3)cc2)C1. The molecule has 0 aliphatic carbocycles. The third kappa shape index (κ3) is 13.8. The number of allylic oxidation sites excluding steroid dienone is 1. The van der Waals surface area contributed by atoms with E-state index in [-0.39, 0.29) is 60.0 Å². The van der Waals surface area contributed by atoms with Crippen molar-refractivity contribution < 1.29 is 34.1 Å². The first kappa shape index (κ1) is 52.5. The van der Waals surface area contributed by atoms with Crippen LogP contribution in [0.5, 0.6) is 5.75 Å². The van der Waals surface area contributed by atoms with Crippen LogP contribution in [-0.2, 0) is 19.1 Å². The van der Waals surface area contributed by atoms with Gasteiger partial charge in [-0.1, -0.05) is 63.1 Å². The number of carbonyl (C=O) groups is 4. The number of amides is 4. The summed E-state index contributed by atoms with van der Waals surface area (Å²) in [4.78, 5) is 62.6. The van der Waals surface area contributed by atoms with Gasteiger partial charge in [-0.3, -0.25) is 45.2 Å². The maximum absolute atomic E-state index is 13.2. The Balaban J connectivity index is 0.712. The number of imide groups is 1. The number of hydrazone groups is 1. The van der Waals surface area contributed by atoms with Crippen LogP contribution >= 0.6 is 0 Å². The first-order valence-corrected chi connectivity index (χ1v) is 25.4. The highest BCUT2D eigenvalue weighted by molar-refractivity contribution is 6.32. The van der Waals surface area contributed by atoms with Gasteiger partial charge in [0.15, 0.2) is 17.8 Å². The van der Waals surface area contributed by atoms with Gasteiger partial charge in [0.05, 0.1) is 24.5 Å². The summed E-state index contributed by atoms with van der Waals surface area (Å²) in [7, 11) is 0. The van der Waals surface area contributed by atoms with E-state index in [2.05, 4.69) is 54.8 Å². The molecule has 4 amide bonds. The fraction of sp³-hybridized carbons (Fsp3) is 0.472. The summed E-state index contributed by atoms with van der Waals surface area (Å²) in [6.45, 7) is 5.35. The van der Waals surface area contributed by atoms with Crippen LogP contribution in [0.15, 0.2) is 88.7 Å². The molecular formula is C53H70N12O7. The van der Waals surface area contributed by atoms with Crippen molar-refractivity contribution in [1.29, 1.82) is 10.8 Å². The van der Waals surface area contributed by atoms with E-state index in [1.807, 2.05) is 4.90 Å². The van der Waals surface area contributed by atoms with Crippen molar-refractivity contribution in [2.75, 3.05) is 67.5 Å². The molecule has 10 N–H and O–H groups in total. The van der Waals surface area contributed by atoms with Crippen LogP contribution < -0.4 is 32.0 Å². The summed E-state index contributed by atoms with van der Waals surface area (Å²) >= 11 is 0. The fourth-order valence-electron chi connectivity index (χ4n) is 9.81. The van der Waals surface area contributed by atoms with Crippen molar-refractivity contribution >= 4 is 64.2 Å². The van der Waals surface area contributed by atoms with Gasteiger partial charge in [-0.2, -0.15) is 5.10 Å². The predicted molar refractivity (Wildman–Crippen MR) is 280 cm³/mol. The molecular weight excluding hydrogens is 917 g/mol. The third-order valence-electron chi connectivity index (χ3n) is 13.8.